The topological polar surface area (TPSA) is 76.2 Å². The van der Waals surface area contributed by atoms with E-state index in [0.717, 1.165) is 0 Å². The van der Waals surface area contributed by atoms with Crippen molar-refractivity contribution in [2.45, 2.75) is 64.5 Å². The molecule has 0 radical (unpaired) electrons. The molecule has 1 saturated heterocycles. The molecule has 2 heterocycles. The number of amides is 3. The molecule has 2 aliphatic rings. The number of hydrogen-bond donors (Lipinski definition) is 0. The number of carbonyl (C=O) groups is 3. The number of imide groups is 1. The molecule has 1 aromatic carbocycles. The van der Waals surface area contributed by atoms with Gasteiger partial charge in [0, 0.05) is 0 Å². The molecule has 0 aromatic heterocycles. The number of benzene rings is 1. The first kappa shape index (κ1) is 21.0. The van der Waals surface area contributed by atoms with Crippen molar-refractivity contribution in [2.75, 3.05) is 6.54 Å². The van der Waals surface area contributed by atoms with Crippen LogP contribution in [0.3, 0.4) is 0 Å². The van der Waals surface area contributed by atoms with E-state index in [9.17, 15) is 14.4 Å². The third-order valence-corrected chi connectivity index (χ3v) is 5.02. The predicted octanol–water partition coefficient (Wildman–Crippen LogP) is 3.60. The zero-order chi connectivity index (χ0) is 21.6. The highest BCUT2D eigenvalue weighted by molar-refractivity contribution is 6.21. The summed E-state index contributed by atoms with van der Waals surface area (Å²) >= 11 is 0. The summed E-state index contributed by atoms with van der Waals surface area (Å²) in [7, 11) is 0. The van der Waals surface area contributed by atoms with Crippen molar-refractivity contribution in [3.8, 4) is 0 Å². The van der Waals surface area contributed by atoms with E-state index in [2.05, 4.69) is 6.58 Å². The Labute approximate surface area is 171 Å². The van der Waals surface area contributed by atoms with E-state index in [0.29, 0.717) is 17.5 Å². The first-order valence-corrected chi connectivity index (χ1v) is 9.72. The number of rotatable bonds is 4. The second kappa shape index (κ2) is 7.30. The van der Waals surface area contributed by atoms with Crippen molar-refractivity contribution in [1.82, 2.24) is 9.80 Å². The lowest BCUT2D eigenvalue weighted by Gasteiger charge is -2.36. The summed E-state index contributed by atoms with van der Waals surface area (Å²) in [6.45, 7) is 12.7. The van der Waals surface area contributed by atoms with Crippen LogP contribution < -0.4 is 0 Å². The van der Waals surface area contributed by atoms with Crippen molar-refractivity contribution >= 4 is 17.9 Å². The number of hydrogen-bond acceptors (Lipinski definition) is 5. The predicted molar refractivity (Wildman–Crippen MR) is 107 cm³/mol. The molecule has 7 nitrogen and oxygen atoms in total. The molecule has 156 valence electrons. The summed E-state index contributed by atoms with van der Waals surface area (Å²) in [5, 5.41) is 0. The molecular weight excluding hydrogens is 372 g/mol. The van der Waals surface area contributed by atoms with E-state index in [1.807, 2.05) is 0 Å². The molecule has 0 N–H and O–H groups in total. The Morgan fingerprint density at radius 3 is 2.24 bits per heavy atom. The molecule has 2 atom stereocenters. The third-order valence-electron chi connectivity index (χ3n) is 5.02. The van der Waals surface area contributed by atoms with Gasteiger partial charge in [-0.2, -0.15) is 0 Å². The van der Waals surface area contributed by atoms with Crippen LogP contribution in [-0.4, -0.2) is 57.7 Å². The van der Waals surface area contributed by atoms with E-state index in [1.54, 1.807) is 65.0 Å². The van der Waals surface area contributed by atoms with Gasteiger partial charge in [0.2, 0.25) is 0 Å². The molecule has 2 aliphatic heterocycles. The maximum Gasteiger partial charge on any atom is 0.412 e. The Bertz CT molecular complexity index is 820. The molecule has 3 rings (SSSR count). The summed E-state index contributed by atoms with van der Waals surface area (Å²) in [6.07, 6.45) is 1.21. The van der Waals surface area contributed by atoms with Crippen LogP contribution in [0.1, 0.15) is 61.8 Å². The van der Waals surface area contributed by atoms with Crippen LogP contribution >= 0.6 is 0 Å². The fraction of sp³-hybridized carbons (Fsp3) is 0.500. The van der Waals surface area contributed by atoms with Gasteiger partial charge >= 0.3 is 6.09 Å². The molecule has 0 spiro atoms. The van der Waals surface area contributed by atoms with Crippen molar-refractivity contribution in [3.63, 3.8) is 0 Å². The molecule has 29 heavy (non-hydrogen) atoms. The molecule has 0 aliphatic carbocycles. The summed E-state index contributed by atoms with van der Waals surface area (Å²) in [4.78, 5) is 41.4. The standard InChI is InChI=1S/C22H28N2O5/c1-7-10-17-16(24(22(5,6)28-17)20(27)29-21(2,3)4)13-23-18(25)14-11-8-9-12-15(14)19(23)26/h7-9,11-12,16-17H,1,10,13H2,2-6H3/t16-,17+/m0/s1. The Morgan fingerprint density at radius 2 is 1.76 bits per heavy atom. The third kappa shape index (κ3) is 3.92. The Balaban J connectivity index is 1.93. The zero-order valence-corrected chi connectivity index (χ0v) is 17.6. The molecule has 0 bridgehead atoms. The molecular formula is C22H28N2O5. The number of carbonyl (C=O) groups excluding carboxylic acids is 3. The largest absolute Gasteiger partial charge is 0.444 e. The van der Waals surface area contributed by atoms with Crippen LogP contribution in [0.2, 0.25) is 0 Å². The van der Waals surface area contributed by atoms with E-state index < -0.39 is 29.6 Å². The SMILES string of the molecule is C=CC[C@H]1OC(C)(C)N(C(=O)OC(C)(C)C)[C@H]1CN1C(=O)c2ccccc2C1=O. The van der Waals surface area contributed by atoms with Gasteiger partial charge in [-0.15, -0.1) is 6.58 Å². The van der Waals surface area contributed by atoms with E-state index in [1.165, 1.54) is 9.80 Å². The monoisotopic (exact) mass is 400 g/mol. The minimum atomic E-state index is -0.959. The first-order valence-electron chi connectivity index (χ1n) is 9.72. The lowest BCUT2D eigenvalue weighted by molar-refractivity contribution is -0.0782. The van der Waals surface area contributed by atoms with Gasteiger partial charge in [0.1, 0.15) is 11.3 Å². The van der Waals surface area contributed by atoms with Crippen LogP contribution in [-0.2, 0) is 9.47 Å². The van der Waals surface area contributed by atoms with Gasteiger partial charge in [-0.1, -0.05) is 18.2 Å². The summed E-state index contributed by atoms with van der Waals surface area (Å²) in [5.74, 6) is -0.728. The summed E-state index contributed by atoms with van der Waals surface area (Å²) in [5.41, 5.74) is -0.900. The summed E-state index contributed by atoms with van der Waals surface area (Å²) < 4.78 is 11.7. The summed E-state index contributed by atoms with van der Waals surface area (Å²) in [6, 6.07) is 6.17. The fourth-order valence-electron chi connectivity index (χ4n) is 3.90. The second-order valence-corrected chi connectivity index (χ2v) is 8.81. The maximum absolute atomic E-state index is 13.0. The molecule has 1 aromatic rings. The normalized spacial score (nSPS) is 23.3. The van der Waals surface area contributed by atoms with Crippen LogP contribution in [0.25, 0.3) is 0 Å². The lowest BCUT2D eigenvalue weighted by atomic mass is 10.1. The molecule has 3 amide bonds. The van der Waals surface area contributed by atoms with Gasteiger partial charge in [-0.05, 0) is 53.2 Å². The minimum Gasteiger partial charge on any atom is -0.444 e. The molecule has 0 saturated carbocycles. The first-order chi connectivity index (χ1) is 13.5. The van der Waals surface area contributed by atoms with Crippen molar-refractivity contribution in [3.05, 3.63) is 48.0 Å². The van der Waals surface area contributed by atoms with E-state index >= 15 is 0 Å². The molecule has 7 heteroatoms. The molecule has 1 fully saturated rings. The van der Waals surface area contributed by atoms with Gasteiger partial charge in [0.25, 0.3) is 11.8 Å². The average Bonchev–Trinajstić information content (AvgIpc) is 2.99. The highest BCUT2D eigenvalue weighted by atomic mass is 16.6. The highest BCUT2D eigenvalue weighted by Gasteiger charge is 2.52. The zero-order valence-electron chi connectivity index (χ0n) is 17.6. The maximum atomic E-state index is 13.0. The van der Waals surface area contributed by atoms with E-state index in [4.69, 9.17) is 9.47 Å². The van der Waals surface area contributed by atoms with Gasteiger partial charge in [-0.25, -0.2) is 4.79 Å². The van der Waals surface area contributed by atoms with E-state index in [-0.39, 0.29) is 18.4 Å². The fourth-order valence-corrected chi connectivity index (χ4v) is 3.90. The number of fused-ring (bicyclic) bond motifs is 1. The number of ether oxygens (including phenoxy) is 2. The van der Waals surface area contributed by atoms with Gasteiger partial charge < -0.3 is 9.47 Å². The van der Waals surface area contributed by atoms with Gasteiger partial charge in [-0.3, -0.25) is 19.4 Å². The van der Waals surface area contributed by atoms with Crippen LogP contribution in [0.4, 0.5) is 4.79 Å². The average molecular weight is 400 g/mol. The Morgan fingerprint density at radius 1 is 1.21 bits per heavy atom. The number of nitrogens with zero attached hydrogens (tertiary/aromatic N) is 2. The molecule has 0 unspecified atom stereocenters. The van der Waals surface area contributed by atoms with Crippen LogP contribution in [0.15, 0.2) is 36.9 Å². The van der Waals surface area contributed by atoms with Gasteiger partial charge in [0.15, 0.2) is 0 Å². The van der Waals surface area contributed by atoms with Crippen LogP contribution in [0.5, 0.6) is 0 Å². The quantitative estimate of drug-likeness (QED) is 0.570. The smallest absolute Gasteiger partial charge is 0.412 e. The highest BCUT2D eigenvalue weighted by Crippen LogP contribution is 2.36. The van der Waals surface area contributed by atoms with Gasteiger partial charge in [0.05, 0.1) is 29.8 Å². The second-order valence-electron chi connectivity index (χ2n) is 8.81. The minimum absolute atomic E-state index is 0.0214. The Kier molecular flexibility index (Phi) is 5.30. The van der Waals surface area contributed by atoms with Crippen LogP contribution in [0, 0.1) is 0 Å². The van der Waals surface area contributed by atoms with Crippen molar-refractivity contribution in [1.29, 1.82) is 0 Å². The van der Waals surface area contributed by atoms with Crippen molar-refractivity contribution in [2.24, 2.45) is 0 Å². The Hall–Kier alpha value is -2.67. The lowest BCUT2D eigenvalue weighted by Crippen LogP contribution is -2.54. The van der Waals surface area contributed by atoms with Crippen molar-refractivity contribution < 1.29 is 23.9 Å².